The van der Waals surface area contributed by atoms with E-state index in [-0.39, 0.29) is 6.04 Å². The SMILES string of the molecule is COc1ccc(OCCN(C)C(C)c2ccc(S(C)(=O)=O)cc2)cc1. The largest absolute Gasteiger partial charge is 0.497 e. The zero-order chi connectivity index (χ0) is 18.4. The molecular formula is C19H25NO4S. The van der Waals surface area contributed by atoms with Crippen LogP contribution in [-0.4, -0.2) is 46.9 Å². The molecule has 0 heterocycles. The Labute approximate surface area is 150 Å². The van der Waals surface area contributed by atoms with Gasteiger partial charge in [-0.15, -0.1) is 0 Å². The van der Waals surface area contributed by atoms with Gasteiger partial charge in [0.2, 0.25) is 0 Å². The van der Waals surface area contributed by atoms with Crippen molar-refractivity contribution in [2.45, 2.75) is 17.9 Å². The molecule has 0 saturated heterocycles. The maximum atomic E-state index is 11.5. The first kappa shape index (κ1) is 19.3. The second kappa shape index (κ2) is 8.36. The van der Waals surface area contributed by atoms with Crippen LogP contribution < -0.4 is 9.47 Å². The molecule has 0 aliphatic heterocycles. The van der Waals surface area contributed by atoms with E-state index in [1.807, 2.05) is 43.4 Å². The zero-order valence-corrected chi connectivity index (χ0v) is 15.9. The van der Waals surface area contributed by atoms with Gasteiger partial charge in [-0.3, -0.25) is 4.90 Å². The number of sulfone groups is 1. The van der Waals surface area contributed by atoms with Gasteiger partial charge in [0.05, 0.1) is 12.0 Å². The van der Waals surface area contributed by atoms with Gasteiger partial charge < -0.3 is 9.47 Å². The van der Waals surface area contributed by atoms with Crippen LogP contribution in [0, 0.1) is 0 Å². The average molecular weight is 363 g/mol. The predicted molar refractivity (Wildman–Crippen MR) is 99.1 cm³/mol. The third-order valence-electron chi connectivity index (χ3n) is 4.22. The normalized spacial score (nSPS) is 12.8. The van der Waals surface area contributed by atoms with Gasteiger partial charge in [-0.05, 0) is 55.9 Å². The first-order chi connectivity index (χ1) is 11.8. The number of rotatable bonds is 8. The summed E-state index contributed by atoms with van der Waals surface area (Å²) in [6, 6.07) is 14.7. The molecule has 1 atom stereocenters. The minimum absolute atomic E-state index is 0.160. The highest BCUT2D eigenvalue weighted by Crippen LogP contribution is 2.21. The fraction of sp³-hybridized carbons (Fsp3) is 0.368. The van der Waals surface area contributed by atoms with Crippen LogP contribution >= 0.6 is 0 Å². The van der Waals surface area contributed by atoms with Crippen molar-refractivity contribution in [1.29, 1.82) is 0 Å². The Bertz CT molecular complexity index is 770. The lowest BCUT2D eigenvalue weighted by molar-refractivity contribution is 0.201. The molecule has 0 N–H and O–H groups in total. The molecule has 0 aliphatic rings. The maximum absolute atomic E-state index is 11.5. The van der Waals surface area contributed by atoms with E-state index in [4.69, 9.17) is 9.47 Å². The summed E-state index contributed by atoms with van der Waals surface area (Å²) < 4.78 is 33.9. The molecule has 2 rings (SSSR count). The van der Waals surface area contributed by atoms with E-state index in [1.54, 1.807) is 19.2 Å². The van der Waals surface area contributed by atoms with Gasteiger partial charge in [-0.1, -0.05) is 12.1 Å². The van der Waals surface area contributed by atoms with Crippen LogP contribution in [0.5, 0.6) is 11.5 Å². The molecule has 0 amide bonds. The molecular weight excluding hydrogens is 338 g/mol. The molecule has 25 heavy (non-hydrogen) atoms. The van der Waals surface area contributed by atoms with Gasteiger partial charge in [0.25, 0.3) is 0 Å². The molecule has 0 bridgehead atoms. The highest BCUT2D eigenvalue weighted by Gasteiger charge is 2.13. The Morgan fingerprint density at radius 2 is 1.56 bits per heavy atom. The number of hydrogen-bond donors (Lipinski definition) is 0. The van der Waals surface area contributed by atoms with Crippen molar-refractivity contribution in [1.82, 2.24) is 4.90 Å². The van der Waals surface area contributed by atoms with E-state index in [1.165, 1.54) is 6.26 Å². The maximum Gasteiger partial charge on any atom is 0.175 e. The number of methoxy groups -OCH3 is 1. The molecule has 2 aromatic carbocycles. The monoisotopic (exact) mass is 363 g/mol. The van der Waals surface area contributed by atoms with Gasteiger partial charge in [0.1, 0.15) is 18.1 Å². The van der Waals surface area contributed by atoms with Crippen LogP contribution in [0.3, 0.4) is 0 Å². The Balaban J connectivity index is 1.88. The van der Waals surface area contributed by atoms with E-state index in [0.717, 1.165) is 23.6 Å². The zero-order valence-electron chi connectivity index (χ0n) is 15.1. The Morgan fingerprint density at radius 3 is 2.08 bits per heavy atom. The highest BCUT2D eigenvalue weighted by atomic mass is 32.2. The smallest absolute Gasteiger partial charge is 0.175 e. The van der Waals surface area contributed by atoms with Gasteiger partial charge in [-0.25, -0.2) is 8.42 Å². The summed E-state index contributed by atoms with van der Waals surface area (Å²) in [6.45, 7) is 3.40. The van der Waals surface area contributed by atoms with Gasteiger partial charge in [0.15, 0.2) is 9.84 Å². The Hall–Kier alpha value is -2.05. The molecule has 0 aliphatic carbocycles. The fourth-order valence-corrected chi connectivity index (χ4v) is 3.05. The first-order valence-corrected chi connectivity index (χ1v) is 9.97. The van der Waals surface area contributed by atoms with Crippen molar-refractivity contribution in [2.24, 2.45) is 0 Å². The number of benzene rings is 2. The van der Waals surface area contributed by atoms with Crippen LogP contribution in [0.1, 0.15) is 18.5 Å². The van der Waals surface area contributed by atoms with Crippen molar-refractivity contribution in [3.8, 4) is 11.5 Å². The van der Waals surface area contributed by atoms with Crippen molar-refractivity contribution < 1.29 is 17.9 Å². The van der Waals surface area contributed by atoms with E-state index in [2.05, 4.69) is 11.8 Å². The van der Waals surface area contributed by atoms with Gasteiger partial charge >= 0.3 is 0 Å². The Kier molecular flexibility index (Phi) is 6.45. The summed E-state index contributed by atoms with van der Waals surface area (Å²) in [5, 5.41) is 0. The van der Waals surface area contributed by atoms with E-state index in [9.17, 15) is 8.42 Å². The van der Waals surface area contributed by atoms with Crippen LogP contribution in [0.25, 0.3) is 0 Å². The van der Waals surface area contributed by atoms with Gasteiger partial charge in [-0.2, -0.15) is 0 Å². The van der Waals surface area contributed by atoms with Crippen LogP contribution in [-0.2, 0) is 9.84 Å². The van der Waals surface area contributed by atoms with E-state index < -0.39 is 9.84 Å². The molecule has 0 saturated carbocycles. The summed E-state index contributed by atoms with van der Waals surface area (Å²) >= 11 is 0. The number of ether oxygens (including phenoxy) is 2. The highest BCUT2D eigenvalue weighted by molar-refractivity contribution is 7.90. The summed E-state index contributed by atoms with van der Waals surface area (Å²) in [6.07, 6.45) is 1.22. The van der Waals surface area contributed by atoms with Gasteiger partial charge in [0, 0.05) is 18.8 Å². The molecule has 5 nitrogen and oxygen atoms in total. The lowest BCUT2D eigenvalue weighted by atomic mass is 10.1. The molecule has 6 heteroatoms. The minimum atomic E-state index is -3.16. The van der Waals surface area contributed by atoms with E-state index >= 15 is 0 Å². The first-order valence-electron chi connectivity index (χ1n) is 8.08. The fourth-order valence-electron chi connectivity index (χ4n) is 2.42. The summed E-state index contributed by atoms with van der Waals surface area (Å²) in [4.78, 5) is 2.51. The second-order valence-corrected chi connectivity index (χ2v) is 8.04. The van der Waals surface area contributed by atoms with Crippen LogP contribution in [0.15, 0.2) is 53.4 Å². The molecule has 1 unspecified atom stereocenters. The van der Waals surface area contributed by atoms with E-state index in [0.29, 0.717) is 11.5 Å². The van der Waals surface area contributed by atoms with Crippen LogP contribution in [0.2, 0.25) is 0 Å². The lowest BCUT2D eigenvalue weighted by Gasteiger charge is -2.25. The Morgan fingerprint density at radius 1 is 1.00 bits per heavy atom. The number of nitrogens with zero attached hydrogens (tertiary/aromatic N) is 1. The second-order valence-electron chi connectivity index (χ2n) is 6.02. The molecule has 2 aromatic rings. The topological polar surface area (TPSA) is 55.8 Å². The molecule has 0 fully saturated rings. The van der Waals surface area contributed by atoms with Crippen molar-refractivity contribution in [2.75, 3.05) is 33.6 Å². The predicted octanol–water partition coefficient (Wildman–Crippen LogP) is 3.17. The molecule has 0 spiro atoms. The number of likely N-dealkylation sites (N-methyl/N-ethyl adjacent to an activating group) is 1. The third kappa shape index (κ3) is 5.47. The molecule has 0 aromatic heterocycles. The quantitative estimate of drug-likeness (QED) is 0.721. The third-order valence-corrected chi connectivity index (χ3v) is 5.35. The standard InChI is InChI=1S/C19H25NO4S/c1-15(16-5-11-19(12-6-16)25(4,21)22)20(2)13-14-24-18-9-7-17(23-3)8-10-18/h5-12,15H,13-14H2,1-4H3. The van der Waals surface area contributed by atoms with Crippen molar-refractivity contribution >= 4 is 9.84 Å². The van der Waals surface area contributed by atoms with Crippen molar-refractivity contribution in [3.05, 3.63) is 54.1 Å². The summed E-state index contributed by atoms with van der Waals surface area (Å²) in [5.74, 6) is 1.61. The average Bonchev–Trinajstić information content (AvgIpc) is 2.61. The molecule has 0 radical (unpaired) electrons. The summed E-state index contributed by atoms with van der Waals surface area (Å²) in [7, 11) is 0.496. The lowest BCUT2D eigenvalue weighted by Crippen LogP contribution is -2.27. The molecule has 136 valence electrons. The summed E-state index contributed by atoms with van der Waals surface area (Å²) in [5.41, 5.74) is 1.07. The number of hydrogen-bond acceptors (Lipinski definition) is 5. The van der Waals surface area contributed by atoms with Crippen LogP contribution in [0.4, 0.5) is 0 Å². The van der Waals surface area contributed by atoms with Crippen molar-refractivity contribution in [3.63, 3.8) is 0 Å². The minimum Gasteiger partial charge on any atom is -0.497 e.